The first-order valence-electron chi connectivity index (χ1n) is 5.40. The summed E-state index contributed by atoms with van der Waals surface area (Å²) in [4.78, 5) is 22.6. The Labute approximate surface area is 96.3 Å². The van der Waals surface area contributed by atoms with Gasteiger partial charge in [-0.25, -0.2) is 0 Å². The van der Waals surface area contributed by atoms with Crippen molar-refractivity contribution in [2.24, 2.45) is 5.73 Å². The fraction of sp³-hybridized carbons (Fsp3) is 0.818. The second kappa shape index (κ2) is 6.48. The second-order valence-electron chi connectivity index (χ2n) is 4.56. The van der Waals surface area contributed by atoms with Crippen molar-refractivity contribution in [3.05, 3.63) is 0 Å². The van der Waals surface area contributed by atoms with Crippen molar-refractivity contribution < 1.29 is 19.1 Å². The number of ether oxygens (including phenoxy) is 2. The van der Waals surface area contributed by atoms with Crippen molar-refractivity contribution in [1.29, 1.82) is 0 Å². The van der Waals surface area contributed by atoms with Gasteiger partial charge in [-0.3, -0.25) is 9.59 Å². The lowest BCUT2D eigenvalue weighted by molar-refractivity contribution is -0.159. The molecule has 5 nitrogen and oxygen atoms in total. The molecule has 0 aromatic heterocycles. The van der Waals surface area contributed by atoms with E-state index >= 15 is 0 Å². The average Bonchev–Trinajstić information content (AvgIpc) is 2.10. The van der Waals surface area contributed by atoms with Crippen LogP contribution in [-0.2, 0) is 19.1 Å². The van der Waals surface area contributed by atoms with Gasteiger partial charge in [-0.1, -0.05) is 6.92 Å². The molecule has 0 aliphatic rings. The summed E-state index contributed by atoms with van der Waals surface area (Å²) in [5.74, 6) is -1.05. The van der Waals surface area contributed by atoms with Crippen LogP contribution in [0.3, 0.4) is 0 Å². The first-order chi connectivity index (χ1) is 7.26. The number of rotatable bonds is 5. The fourth-order valence-electron chi connectivity index (χ4n) is 0.956. The standard InChI is InChI=1S/C11H21NO4/c1-5-6-15-10(14)8(12)7-9(13)16-11(2,3)4/h8H,5-7,12H2,1-4H3/t8-/m0/s1. The lowest BCUT2D eigenvalue weighted by Crippen LogP contribution is -2.36. The zero-order valence-electron chi connectivity index (χ0n) is 10.4. The third-order valence-corrected chi connectivity index (χ3v) is 1.56. The van der Waals surface area contributed by atoms with Crippen molar-refractivity contribution in [3.8, 4) is 0 Å². The SMILES string of the molecule is CCCOC(=O)[C@@H](N)CC(=O)OC(C)(C)C. The Morgan fingerprint density at radius 3 is 2.31 bits per heavy atom. The zero-order valence-corrected chi connectivity index (χ0v) is 10.4. The van der Waals surface area contributed by atoms with Gasteiger partial charge in [0.05, 0.1) is 13.0 Å². The van der Waals surface area contributed by atoms with E-state index in [0.29, 0.717) is 6.61 Å². The molecular formula is C11H21NO4. The smallest absolute Gasteiger partial charge is 0.323 e. The monoisotopic (exact) mass is 231 g/mol. The van der Waals surface area contributed by atoms with Crippen LogP contribution in [0.25, 0.3) is 0 Å². The molecule has 0 aromatic carbocycles. The molecule has 0 spiro atoms. The molecule has 94 valence electrons. The van der Waals surface area contributed by atoms with Crippen LogP contribution in [0.4, 0.5) is 0 Å². The molecule has 0 aliphatic carbocycles. The van der Waals surface area contributed by atoms with Crippen LogP contribution in [0.5, 0.6) is 0 Å². The van der Waals surface area contributed by atoms with Crippen LogP contribution < -0.4 is 5.73 Å². The molecule has 0 saturated carbocycles. The molecule has 2 N–H and O–H groups in total. The van der Waals surface area contributed by atoms with E-state index in [1.54, 1.807) is 20.8 Å². The van der Waals surface area contributed by atoms with Gasteiger partial charge in [0.15, 0.2) is 0 Å². The van der Waals surface area contributed by atoms with Crippen LogP contribution in [0.1, 0.15) is 40.5 Å². The summed E-state index contributed by atoms with van der Waals surface area (Å²) in [5.41, 5.74) is 4.94. The van der Waals surface area contributed by atoms with Crippen LogP contribution in [0.15, 0.2) is 0 Å². The van der Waals surface area contributed by atoms with Gasteiger partial charge >= 0.3 is 11.9 Å². The van der Waals surface area contributed by atoms with E-state index in [2.05, 4.69) is 0 Å². The predicted molar refractivity (Wildman–Crippen MR) is 59.7 cm³/mol. The van der Waals surface area contributed by atoms with Crippen molar-refractivity contribution in [2.45, 2.75) is 52.2 Å². The summed E-state index contributed by atoms with van der Waals surface area (Å²) in [6.07, 6.45) is 0.574. The number of carbonyl (C=O) groups is 2. The second-order valence-corrected chi connectivity index (χ2v) is 4.56. The Balaban J connectivity index is 3.99. The highest BCUT2D eigenvalue weighted by Crippen LogP contribution is 2.09. The van der Waals surface area contributed by atoms with Crippen molar-refractivity contribution in [1.82, 2.24) is 0 Å². The highest BCUT2D eigenvalue weighted by atomic mass is 16.6. The summed E-state index contributed by atoms with van der Waals surface area (Å²) in [5, 5.41) is 0. The molecule has 0 saturated heterocycles. The Bertz CT molecular complexity index is 245. The van der Waals surface area contributed by atoms with Gasteiger partial charge in [-0.2, -0.15) is 0 Å². The van der Waals surface area contributed by atoms with Gasteiger partial charge in [-0.15, -0.1) is 0 Å². The third kappa shape index (κ3) is 7.23. The van der Waals surface area contributed by atoms with E-state index in [4.69, 9.17) is 15.2 Å². The molecule has 0 radical (unpaired) electrons. The summed E-state index contributed by atoms with van der Waals surface area (Å²) >= 11 is 0. The maximum absolute atomic E-state index is 11.3. The van der Waals surface area contributed by atoms with Gasteiger partial charge in [0.2, 0.25) is 0 Å². The number of hydrogen-bond acceptors (Lipinski definition) is 5. The minimum atomic E-state index is -0.943. The molecule has 5 heteroatoms. The van der Waals surface area contributed by atoms with Gasteiger partial charge < -0.3 is 15.2 Å². The molecule has 0 amide bonds. The molecule has 0 bridgehead atoms. The highest BCUT2D eigenvalue weighted by molar-refractivity contribution is 5.82. The first kappa shape index (κ1) is 14.9. The molecule has 0 heterocycles. The Kier molecular flexibility index (Phi) is 6.03. The van der Waals surface area contributed by atoms with Gasteiger partial charge in [0.25, 0.3) is 0 Å². The Morgan fingerprint density at radius 2 is 1.88 bits per heavy atom. The third-order valence-electron chi connectivity index (χ3n) is 1.56. The molecule has 0 aliphatic heterocycles. The predicted octanol–water partition coefficient (Wildman–Crippen LogP) is 0.999. The minimum Gasteiger partial charge on any atom is -0.465 e. The maximum Gasteiger partial charge on any atom is 0.323 e. The quantitative estimate of drug-likeness (QED) is 0.714. The number of hydrogen-bond donors (Lipinski definition) is 1. The summed E-state index contributed by atoms with van der Waals surface area (Å²) in [6, 6.07) is -0.943. The summed E-state index contributed by atoms with van der Waals surface area (Å²) < 4.78 is 9.85. The van der Waals surface area contributed by atoms with E-state index in [1.807, 2.05) is 6.92 Å². The summed E-state index contributed by atoms with van der Waals surface area (Å²) in [6.45, 7) is 7.47. The van der Waals surface area contributed by atoms with Crippen LogP contribution in [-0.4, -0.2) is 30.2 Å². The maximum atomic E-state index is 11.3. The number of esters is 2. The molecule has 0 rings (SSSR count). The fourth-order valence-corrected chi connectivity index (χ4v) is 0.956. The van der Waals surface area contributed by atoms with E-state index in [0.717, 1.165) is 6.42 Å². The van der Waals surface area contributed by atoms with E-state index in [9.17, 15) is 9.59 Å². The van der Waals surface area contributed by atoms with E-state index < -0.39 is 23.6 Å². The Morgan fingerprint density at radius 1 is 1.31 bits per heavy atom. The summed E-state index contributed by atoms with van der Waals surface area (Å²) in [7, 11) is 0. The minimum absolute atomic E-state index is 0.153. The normalized spacial score (nSPS) is 13.1. The topological polar surface area (TPSA) is 78.6 Å². The molecule has 0 aromatic rings. The van der Waals surface area contributed by atoms with E-state index in [-0.39, 0.29) is 6.42 Å². The van der Waals surface area contributed by atoms with Crippen LogP contribution >= 0.6 is 0 Å². The van der Waals surface area contributed by atoms with Gasteiger partial charge in [-0.05, 0) is 27.2 Å². The molecule has 16 heavy (non-hydrogen) atoms. The first-order valence-corrected chi connectivity index (χ1v) is 5.40. The Hall–Kier alpha value is -1.10. The van der Waals surface area contributed by atoms with Crippen molar-refractivity contribution >= 4 is 11.9 Å². The van der Waals surface area contributed by atoms with E-state index in [1.165, 1.54) is 0 Å². The molecule has 1 atom stereocenters. The molecule has 0 unspecified atom stereocenters. The van der Waals surface area contributed by atoms with Gasteiger partial charge in [0, 0.05) is 0 Å². The molecule has 0 fully saturated rings. The lowest BCUT2D eigenvalue weighted by atomic mass is 10.2. The molecular weight excluding hydrogens is 210 g/mol. The highest BCUT2D eigenvalue weighted by Gasteiger charge is 2.23. The zero-order chi connectivity index (χ0) is 12.8. The largest absolute Gasteiger partial charge is 0.465 e. The lowest BCUT2D eigenvalue weighted by Gasteiger charge is -2.20. The van der Waals surface area contributed by atoms with Crippen molar-refractivity contribution in [2.75, 3.05) is 6.61 Å². The van der Waals surface area contributed by atoms with Crippen LogP contribution in [0.2, 0.25) is 0 Å². The number of nitrogens with two attached hydrogens (primary N) is 1. The van der Waals surface area contributed by atoms with Crippen molar-refractivity contribution in [3.63, 3.8) is 0 Å². The van der Waals surface area contributed by atoms with Crippen LogP contribution in [0, 0.1) is 0 Å². The average molecular weight is 231 g/mol. The van der Waals surface area contributed by atoms with Gasteiger partial charge in [0.1, 0.15) is 11.6 Å². The number of carbonyl (C=O) groups excluding carboxylic acids is 2.